The minimum absolute atomic E-state index is 0.188. The molecule has 2 heteroatoms. The smallest absolute Gasteiger partial charge is 0.306 e. The Morgan fingerprint density at radius 1 is 0.773 bits per heavy atom. The molecule has 0 fully saturated rings. The van der Waals surface area contributed by atoms with E-state index in [0.29, 0.717) is 5.92 Å². The summed E-state index contributed by atoms with van der Waals surface area (Å²) in [5.74, 6) is -0.289. The van der Waals surface area contributed by atoms with Crippen LogP contribution < -0.4 is 0 Å². The maximum atomic E-state index is 10.8. The van der Waals surface area contributed by atoms with E-state index in [9.17, 15) is 4.79 Å². The minimum atomic E-state index is -0.651. The van der Waals surface area contributed by atoms with Crippen LogP contribution in [0.1, 0.15) is 111 Å². The van der Waals surface area contributed by atoms with Gasteiger partial charge in [-0.1, -0.05) is 104 Å². The topological polar surface area (TPSA) is 37.3 Å². The Morgan fingerprint density at radius 3 is 1.59 bits per heavy atom. The molecule has 132 valence electrons. The van der Waals surface area contributed by atoms with Gasteiger partial charge in [0.15, 0.2) is 0 Å². The third-order valence-electron chi connectivity index (χ3n) is 4.73. The fourth-order valence-electron chi connectivity index (χ4n) is 3.16. The lowest BCUT2D eigenvalue weighted by Crippen LogP contribution is -2.13. The van der Waals surface area contributed by atoms with Crippen LogP contribution in [0.3, 0.4) is 0 Å². The van der Waals surface area contributed by atoms with Crippen molar-refractivity contribution in [2.45, 2.75) is 111 Å². The first-order valence-corrected chi connectivity index (χ1v) is 9.80. The monoisotopic (exact) mass is 312 g/mol. The van der Waals surface area contributed by atoms with Gasteiger partial charge in [-0.3, -0.25) is 4.79 Å². The van der Waals surface area contributed by atoms with Gasteiger partial charge >= 0.3 is 5.97 Å². The van der Waals surface area contributed by atoms with Gasteiger partial charge in [0.25, 0.3) is 0 Å². The number of carboxylic acids is 1. The molecule has 0 bridgehead atoms. The predicted molar refractivity (Wildman–Crippen MR) is 96.3 cm³/mol. The molecule has 0 aliphatic rings. The number of carbonyl (C=O) groups is 1. The Kier molecular flexibility index (Phi) is 15.0. The highest BCUT2D eigenvalue weighted by molar-refractivity contribution is 5.69. The van der Waals surface area contributed by atoms with Gasteiger partial charge in [0.1, 0.15) is 0 Å². The average Bonchev–Trinajstić information content (AvgIpc) is 2.48. The summed E-state index contributed by atoms with van der Waals surface area (Å²) < 4.78 is 0. The Hall–Kier alpha value is -0.530. The summed E-state index contributed by atoms with van der Waals surface area (Å²) in [4.78, 5) is 10.8. The van der Waals surface area contributed by atoms with Crippen molar-refractivity contribution in [1.82, 2.24) is 0 Å². The highest BCUT2D eigenvalue weighted by atomic mass is 16.4. The molecule has 0 aromatic carbocycles. The van der Waals surface area contributed by atoms with Gasteiger partial charge in [0, 0.05) is 0 Å². The highest BCUT2D eigenvalue weighted by Crippen LogP contribution is 2.19. The van der Waals surface area contributed by atoms with Crippen LogP contribution in [0.25, 0.3) is 0 Å². The molecule has 0 spiro atoms. The molecule has 0 aromatic rings. The standard InChI is InChI=1S/C20H40O2/c1-4-5-6-7-8-9-10-11-12-13-14-15-16-18(2)17-19(3)20(21)22/h18-19H,4-17H2,1-3H3,(H,21,22). The van der Waals surface area contributed by atoms with Crippen molar-refractivity contribution in [1.29, 1.82) is 0 Å². The maximum absolute atomic E-state index is 10.8. The molecule has 0 aromatic heterocycles. The van der Waals surface area contributed by atoms with Crippen molar-refractivity contribution in [3.63, 3.8) is 0 Å². The summed E-state index contributed by atoms with van der Waals surface area (Å²) in [6, 6.07) is 0. The van der Waals surface area contributed by atoms with E-state index in [1.165, 1.54) is 83.5 Å². The lowest BCUT2D eigenvalue weighted by molar-refractivity contribution is -0.141. The summed E-state index contributed by atoms with van der Waals surface area (Å²) in [6.45, 7) is 6.28. The fourth-order valence-corrected chi connectivity index (χ4v) is 3.16. The first-order chi connectivity index (χ1) is 10.6. The molecule has 2 unspecified atom stereocenters. The van der Waals surface area contributed by atoms with Gasteiger partial charge in [0.05, 0.1) is 5.92 Å². The zero-order valence-electron chi connectivity index (χ0n) is 15.4. The fraction of sp³-hybridized carbons (Fsp3) is 0.950. The van der Waals surface area contributed by atoms with Gasteiger partial charge in [-0.15, -0.1) is 0 Å². The zero-order valence-corrected chi connectivity index (χ0v) is 15.4. The molecule has 0 saturated heterocycles. The van der Waals surface area contributed by atoms with Crippen molar-refractivity contribution in [3.8, 4) is 0 Å². The molecule has 0 rings (SSSR count). The number of hydrogen-bond donors (Lipinski definition) is 1. The second-order valence-corrected chi connectivity index (χ2v) is 7.26. The number of carboxylic acid groups (broad SMARTS) is 1. The number of rotatable bonds is 16. The van der Waals surface area contributed by atoms with Crippen molar-refractivity contribution >= 4 is 5.97 Å². The van der Waals surface area contributed by atoms with E-state index in [4.69, 9.17) is 5.11 Å². The van der Waals surface area contributed by atoms with E-state index < -0.39 is 5.97 Å². The maximum Gasteiger partial charge on any atom is 0.306 e. The van der Waals surface area contributed by atoms with Crippen molar-refractivity contribution in [2.75, 3.05) is 0 Å². The predicted octanol–water partition coefficient (Wildman–Crippen LogP) is 6.82. The van der Waals surface area contributed by atoms with Crippen LogP contribution in [0, 0.1) is 11.8 Å². The largest absolute Gasteiger partial charge is 0.481 e. The third-order valence-corrected chi connectivity index (χ3v) is 4.73. The quantitative estimate of drug-likeness (QED) is 0.317. The summed E-state index contributed by atoms with van der Waals surface area (Å²) in [6.07, 6.45) is 18.6. The van der Waals surface area contributed by atoms with Crippen LogP contribution in [0.15, 0.2) is 0 Å². The lowest BCUT2D eigenvalue weighted by atomic mass is 9.92. The molecule has 2 nitrogen and oxygen atoms in total. The van der Waals surface area contributed by atoms with Crippen molar-refractivity contribution < 1.29 is 9.90 Å². The molecular formula is C20H40O2. The van der Waals surface area contributed by atoms with Crippen LogP contribution >= 0.6 is 0 Å². The SMILES string of the molecule is CCCCCCCCCCCCCCC(C)CC(C)C(=O)O. The summed E-state index contributed by atoms with van der Waals surface area (Å²) in [5, 5.41) is 8.90. The van der Waals surface area contributed by atoms with Gasteiger partial charge < -0.3 is 5.11 Å². The molecule has 0 amide bonds. The van der Waals surface area contributed by atoms with Gasteiger partial charge in [-0.25, -0.2) is 0 Å². The molecule has 0 aliphatic carbocycles. The Morgan fingerprint density at radius 2 is 1.18 bits per heavy atom. The van der Waals surface area contributed by atoms with Crippen LogP contribution in [-0.2, 0) is 4.79 Å². The van der Waals surface area contributed by atoms with Gasteiger partial charge in [0.2, 0.25) is 0 Å². The highest BCUT2D eigenvalue weighted by Gasteiger charge is 2.14. The molecule has 2 atom stereocenters. The van der Waals surface area contributed by atoms with Crippen LogP contribution in [0.5, 0.6) is 0 Å². The number of unbranched alkanes of at least 4 members (excludes halogenated alkanes) is 11. The number of hydrogen-bond acceptors (Lipinski definition) is 1. The van der Waals surface area contributed by atoms with E-state index in [-0.39, 0.29) is 5.92 Å². The second kappa shape index (κ2) is 15.4. The van der Waals surface area contributed by atoms with Gasteiger partial charge in [-0.05, 0) is 12.3 Å². The molecule has 0 heterocycles. The zero-order chi connectivity index (χ0) is 16.6. The average molecular weight is 313 g/mol. The van der Waals surface area contributed by atoms with E-state index in [1.807, 2.05) is 6.92 Å². The van der Waals surface area contributed by atoms with Crippen molar-refractivity contribution in [3.05, 3.63) is 0 Å². The summed E-state index contributed by atoms with van der Waals surface area (Å²) >= 11 is 0. The second-order valence-electron chi connectivity index (χ2n) is 7.26. The van der Waals surface area contributed by atoms with Crippen LogP contribution in [-0.4, -0.2) is 11.1 Å². The summed E-state index contributed by atoms with van der Waals surface area (Å²) in [5.41, 5.74) is 0. The molecule has 1 N–H and O–H groups in total. The normalized spacial score (nSPS) is 14.0. The van der Waals surface area contributed by atoms with E-state index in [1.54, 1.807) is 0 Å². The molecule has 0 aliphatic heterocycles. The third kappa shape index (κ3) is 14.4. The Bertz CT molecular complexity index is 250. The first kappa shape index (κ1) is 21.5. The van der Waals surface area contributed by atoms with Gasteiger partial charge in [-0.2, -0.15) is 0 Å². The van der Waals surface area contributed by atoms with Crippen LogP contribution in [0.2, 0.25) is 0 Å². The first-order valence-electron chi connectivity index (χ1n) is 9.80. The Labute approximate surface area is 139 Å². The van der Waals surface area contributed by atoms with E-state index in [0.717, 1.165) is 6.42 Å². The van der Waals surface area contributed by atoms with E-state index in [2.05, 4.69) is 13.8 Å². The molecule has 0 radical (unpaired) electrons. The molecule has 0 saturated carbocycles. The Balaban J connectivity index is 3.21. The number of aliphatic carboxylic acids is 1. The molecular weight excluding hydrogens is 272 g/mol. The summed E-state index contributed by atoms with van der Waals surface area (Å²) in [7, 11) is 0. The minimum Gasteiger partial charge on any atom is -0.481 e. The molecule has 22 heavy (non-hydrogen) atoms. The van der Waals surface area contributed by atoms with Crippen molar-refractivity contribution in [2.24, 2.45) is 11.8 Å². The van der Waals surface area contributed by atoms with E-state index >= 15 is 0 Å². The van der Waals surface area contributed by atoms with Crippen LogP contribution in [0.4, 0.5) is 0 Å². The lowest BCUT2D eigenvalue weighted by Gasteiger charge is -2.13.